The molecule has 1 fully saturated rings. The molecule has 10 heteroatoms. The topological polar surface area (TPSA) is 120 Å². The molecule has 2 aromatic rings. The summed E-state index contributed by atoms with van der Waals surface area (Å²) in [4.78, 5) is 15.8. The van der Waals surface area contributed by atoms with E-state index in [0.29, 0.717) is 12.2 Å². The van der Waals surface area contributed by atoms with Gasteiger partial charge in [0, 0.05) is 6.04 Å². The average Bonchev–Trinajstić information content (AvgIpc) is 3.09. The molecule has 0 spiro atoms. The minimum atomic E-state index is -3.03. The summed E-state index contributed by atoms with van der Waals surface area (Å²) < 4.78 is 24.1. The van der Waals surface area contributed by atoms with Crippen LogP contribution >= 0.6 is 0 Å². The van der Waals surface area contributed by atoms with Gasteiger partial charge >= 0.3 is 0 Å². The summed E-state index contributed by atoms with van der Waals surface area (Å²) in [6.07, 6.45) is 3.26. The van der Waals surface area contributed by atoms with Gasteiger partial charge in [-0.25, -0.2) is 18.1 Å². The molecule has 0 aromatic carbocycles. The number of sulfone groups is 1. The number of carbonyl (C=O) groups excluding carboxylic acids is 1. The fraction of sp³-hybridized carbons (Fsp3) is 0.364. The second-order valence-electron chi connectivity index (χ2n) is 4.69. The van der Waals surface area contributed by atoms with E-state index in [-0.39, 0.29) is 23.2 Å². The maximum absolute atomic E-state index is 12.0. The van der Waals surface area contributed by atoms with Crippen molar-refractivity contribution in [3.8, 4) is 5.82 Å². The predicted molar refractivity (Wildman–Crippen MR) is 71.5 cm³/mol. The van der Waals surface area contributed by atoms with Gasteiger partial charge in [0.15, 0.2) is 21.3 Å². The summed E-state index contributed by atoms with van der Waals surface area (Å²) in [5, 5.41) is 14.2. The molecular formula is C11H12N6O3S. The fourth-order valence-electron chi connectivity index (χ4n) is 2.06. The Morgan fingerprint density at radius 3 is 2.76 bits per heavy atom. The number of nitrogens with zero attached hydrogens (tertiary/aromatic N) is 5. The molecule has 1 atom stereocenters. The lowest BCUT2D eigenvalue weighted by Crippen LogP contribution is -2.36. The normalized spacial score (nSPS) is 20.3. The first kappa shape index (κ1) is 13.6. The van der Waals surface area contributed by atoms with Crippen LogP contribution in [0.2, 0.25) is 0 Å². The molecule has 2 aromatic heterocycles. The fourth-order valence-corrected chi connectivity index (χ4v) is 3.74. The van der Waals surface area contributed by atoms with E-state index in [1.807, 2.05) is 0 Å². The van der Waals surface area contributed by atoms with Crippen LogP contribution < -0.4 is 5.32 Å². The molecule has 0 aliphatic carbocycles. The second kappa shape index (κ2) is 5.20. The van der Waals surface area contributed by atoms with E-state index < -0.39 is 15.7 Å². The first-order valence-corrected chi connectivity index (χ1v) is 8.06. The Hall–Kier alpha value is -2.36. The highest BCUT2D eigenvalue weighted by molar-refractivity contribution is 7.91. The summed E-state index contributed by atoms with van der Waals surface area (Å²) in [7, 11) is -3.03. The Kier molecular flexibility index (Phi) is 3.37. The zero-order valence-corrected chi connectivity index (χ0v) is 11.7. The van der Waals surface area contributed by atoms with Crippen LogP contribution in [0.25, 0.3) is 5.82 Å². The van der Waals surface area contributed by atoms with Crippen LogP contribution in [0.15, 0.2) is 24.8 Å². The van der Waals surface area contributed by atoms with E-state index in [1.165, 1.54) is 23.4 Å². The Balaban J connectivity index is 1.68. The molecule has 1 aliphatic rings. The van der Waals surface area contributed by atoms with Crippen molar-refractivity contribution in [3.05, 3.63) is 30.5 Å². The zero-order valence-electron chi connectivity index (χ0n) is 10.9. The molecule has 1 saturated heterocycles. The van der Waals surface area contributed by atoms with Crippen molar-refractivity contribution < 1.29 is 13.2 Å². The summed E-state index contributed by atoms with van der Waals surface area (Å²) >= 11 is 0. The molecule has 1 aliphatic heterocycles. The Morgan fingerprint density at radius 2 is 2.19 bits per heavy atom. The van der Waals surface area contributed by atoms with Crippen molar-refractivity contribution in [3.63, 3.8) is 0 Å². The van der Waals surface area contributed by atoms with E-state index in [4.69, 9.17) is 0 Å². The SMILES string of the molecule is O=C(NC1CCS(=O)(=O)C1)c1ccc(-n2cncn2)nn1. The van der Waals surface area contributed by atoms with E-state index in [1.54, 1.807) is 6.07 Å². The van der Waals surface area contributed by atoms with Gasteiger partial charge in [-0.2, -0.15) is 5.10 Å². The summed E-state index contributed by atoms with van der Waals surface area (Å²) in [6, 6.07) is 2.73. The summed E-state index contributed by atoms with van der Waals surface area (Å²) in [5.74, 6) is 0.0835. The lowest BCUT2D eigenvalue weighted by Gasteiger charge is -2.09. The number of nitrogens with one attached hydrogen (secondary N) is 1. The van der Waals surface area contributed by atoms with E-state index in [0.717, 1.165) is 0 Å². The number of amides is 1. The number of hydrogen-bond donors (Lipinski definition) is 1. The van der Waals surface area contributed by atoms with E-state index in [2.05, 4.69) is 25.6 Å². The van der Waals surface area contributed by atoms with Crippen molar-refractivity contribution in [2.75, 3.05) is 11.5 Å². The number of rotatable bonds is 3. The molecule has 1 unspecified atom stereocenters. The van der Waals surface area contributed by atoms with Crippen LogP contribution in [0.1, 0.15) is 16.9 Å². The van der Waals surface area contributed by atoms with Gasteiger partial charge in [-0.05, 0) is 18.6 Å². The van der Waals surface area contributed by atoms with Gasteiger partial charge < -0.3 is 5.32 Å². The smallest absolute Gasteiger partial charge is 0.272 e. The van der Waals surface area contributed by atoms with Crippen molar-refractivity contribution in [2.24, 2.45) is 0 Å². The van der Waals surface area contributed by atoms with E-state index in [9.17, 15) is 13.2 Å². The van der Waals surface area contributed by atoms with Gasteiger partial charge in [0.25, 0.3) is 5.91 Å². The molecule has 1 N–H and O–H groups in total. The molecule has 0 saturated carbocycles. The molecule has 9 nitrogen and oxygen atoms in total. The highest BCUT2D eigenvalue weighted by Crippen LogP contribution is 2.12. The first-order chi connectivity index (χ1) is 10.0. The molecule has 3 heterocycles. The van der Waals surface area contributed by atoms with Crippen molar-refractivity contribution in [1.82, 2.24) is 30.3 Å². The van der Waals surface area contributed by atoms with Gasteiger partial charge in [0.2, 0.25) is 0 Å². The maximum atomic E-state index is 12.0. The van der Waals surface area contributed by atoms with Crippen LogP contribution in [0.5, 0.6) is 0 Å². The van der Waals surface area contributed by atoms with Gasteiger partial charge in [-0.15, -0.1) is 10.2 Å². The molecular weight excluding hydrogens is 296 g/mol. The van der Waals surface area contributed by atoms with Crippen LogP contribution in [0.4, 0.5) is 0 Å². The second-order valence-corrected chi connectivity index (χ2v) is 6.92. The van der Waals surface area contributed by atoms with Crippen LogP contribution in [0, 0.1) is 0 Å². The van der Waals surface area contributed by atoms with Gasteiger partial charge in [0.05, 0.1) is 11.5 Å². The molecule has 1 amide bonds. The monoisotopic (exact) mass is 308 g/mol. The maximum Gasteiger partial charge on any atom is 0.272 e. The van der Waals surface area contributed by atoms with Crippen LogP contribution in [-0.4, -0.2) is 56.8 Å². The van der Waals surface area contributed by atoms with Gasteiger partial charge in [0.1, 0.15) is 12.7 Å². The highest BCUT2D eigenvalue weighted by Gasteiger charge is 2.29. The Labute approximate surface area is 120 Å². The third-order valence-electron chi connectivity index (χ3n) is 3.10. The van der Waals surface area contributed by atoms with Crippen LogP contribution in [-0.2, 0) is 9.84 Å². The zero-order chi connectivity index (χ0) is 14.9. The van der Waals surface area contributed by atoms with Crippen molar-refractivity contribution in [2.45, 2.75) is 12.5 Å². The first-order valence-electron chi connectivity index (χ1n) is 6.23. The Bertz CT molecular complexity index is 741. The third-order valence-corrected chi connectivity index (χ3v) is 4.87. The number of carbonyl (C=O) groups is 1. The largest absolute Gasteiger partial charge is 0.347 e. The molecule has 0 bridgehead atoms. The standard InChI is InChI=1S/C11H12N6O3S/c18-11(14-8-3-4-21(19,20)5-8)9-1-2-10(16-15-9)17-7-12-6-13-17/h1-2,6-8H,3-5H2,(H,14,18). The van der Waals surface area contributed by atoms with Crippen molar-refractivity contribution in [1.29, 1.82) is 0 Å². The minimum absolute atomic E-state index is 0.0246. The summed E-state index contributed by atoms with van der Waals surface area (Å²) in [5.41, 5.74) is 0.128. The highest BCUT2D eigenvalue weighted by atomic mass is 32.2. The number of hydrogen-bond acceptors (Lipinski definition) is 7. The molecule has 110 valence electrons. The van der Waals surface area contributed by atoms with Gasteiger partial charge in [-0.3, -0.25) is 4.79 Å². The number of aromatic nitrogens is 5. The quantitative estimate of drug-likeness (QED) is 0.770. The van der Waals surface area contributed by atoms with E-state index >= 15 is 0 Å². The van der Waals surface area contributed by atoms with Crippen LogP contribution in [0.3, 0.4) is 0 Å². The Morgan fingerprint density at radius 1 is 1.33 bits per heavy atom. The lowest BCUT2D eigenvalue weighted by molar-refractivity contribution is 0.0935. The summed E-state index contributed by atoms with van der Waals surface area (Å²) in [6.45, 7) is 0. The molecule has 0 radical (unpaired) electrons. The molecule has 3 rings (SSSR count). The predicted octanol–water partition coefficient (Wildman–Crippen LogP) is -1.03. The lowest BCUT2D eigenvalue weighted by atomic mass is 10.2. The average molecular weight is 308 g/mol. The van der Waals surface area contributed by atoms with Crippen molar-refractivity contribution >= 4 is 15.7 Å². The minimum Gasteiger partial charge on any atom is -0.347 e. The van der Waals surface area contributed by atoms with Gasteiger partial charge in [-0.1, -0.05) is 0 Å². The third kappa shape index (κ3) is 3.05. The molecule has 21 heavy (non-hydrogen) atoms.